The molecule has 6 heteroatoms. The summed E-state index contributed by atoms with van der Waals surface area (Å²) in [7, 11) is 0. The predicted octanol–water partition coefficient (Wildman–Crippen LogP) is 3.09. The fourth-order valence-corrected chi connectivity index (χ4v) is 2.25. The maximum absolute atomic E-state index is 12.0. The molecule has 0 saturated heterocycles. The van der Waals surface area contributed by atoms with Gasteiger partial charge in [0.05, 0.1) is 16.1 Å². The average Bonchev–Trinajstić information content (AvgIpc) is 2.36. The van der Waals surface area contributed by atoms with Crippen molar-refractivity contribution in [2.75, 3.05) is 11.8 Å². The standard InChI is InChI=1S/C11H13Cl3N2O/c1-2-11(6-12,7-13)16-10(17)8-3-4-15-5-9(8)14/h3-5H,2,6-7H2,1H3,(H,16,17). The molecule has 17 heavy (non-hydrogen) atoms. The summed E-state index contributed by atoms with van der Waals surface area (Å²) in [5.74, 6) is 0.212. The van der Waals surface area contributed by atoms with E-state index in [1.54, 1.807) is 6.07 Å². The molecule has 1 aromatic heterocycles. The number of halogens is 3. The Morgan fingerprint density at radius 3 is 2.59 bits per heavy atom. The summed E-state index contributed by atoms with van der Waals surface area (Å²) < 4.78 is 0. The van der Waals surface area contributed by atoms with Gasteiger partial charge in [0.1, 0.15) is 0 Å². The molecule has 3 nitrogen and oxygen atoms in total. The van der Waals surface area contributed by atoms with Crippen molar-refractivity contribution in [2.24, 2.45) is 0 Å². The number of alkyl halides is 2. The highest BCUT2D eigenvalue weighted by molar-refractivity contribution is 6.33. The first-order chi connectivity index (χ1) is 8.08. The van der Waals surface area contributed by atoms with Crippen LogP contribution < -0.4 is 5.32 Å². The second-order valence-electron chi connectivity index (χ2n) is 3.71. The normalized spacial score (nSPS) is 11.3. The first-order valence-electron chi connectivity index (χ1n) is 5.12. The van der Waals surface area contributed by atoms with Crippen molar-refractivity contribution < 1.29 is 4.79 Å². The zero-order valence-electron chi connectivity index (χ0n) is 9.34. The highest BCUT2D eigenvalue weighted by Gasteiger charge is 2.29. The number of carbonyl (C=O) groups is 1. The van der Waals surface area contributed by atoms with Gasteiger partial charge < -0.3 is 5.32 Å². The molecule has 94 valence electrons. The van der Waals surface area contributed by atoms with Crippen molar-refractivity contribution in [3.63, 3.8) is 0 Å². The van der Waals surface area contributed by atoms with E-state index < -0.39 is 5.54 Å². The number of pyridine rings is 1. The molecule has 1 heterocycles. The average molecular weight is 296 g/mol. The van der Waals surface area contributed by atoms with E-state index in [0.717, 1.165) is 0 Å². The molecule has 0 unspecified atom stereocenters. The highest BCUT2D eigenvalue weighted by Crippen LogP contribution is 2.18. The summed E-state index contributed by atoms with van der Waals surface area (Å²) in [6.07, 6.45) is 3.58. The van der Waals surface area contributed by atoms with Crippen molar-refractivity contribution in [2.45, 2.75) is 18.9 Å². The Morgan fingerprint density at radius 1 is 1.47 bits per heavy atom. The molecule has 0 aliphatic heterocycles. The molecule has 0 fully saturated rings. The molecule has 0 bridgehead atoms. The lowest BCUT2D eigenvalue weighted by Gasteiger charge is -2.29. The van der Waals surface area contributed by atoms with Crippen LogP contribution in [0.3, 0.4) is 0 Å². The van der Waals surface area contributed by atoms with Crippen molar-refractivity contribution in [1.29, 1.82) is 0 Å². The summed E-state index contributed by atoms with van der Waals surface area (Å²) in [5, 5.41) is 3.13. The number of aromatic nitrogens is 1. The molecule has 0 aliphatic rings. The Kier molecular flexibility index (Phi) is 5.50. The Labute approximate surface area is 115 Å². The molecule has 1 rings (SSSR count). The van der Waals surface area contributed by atoms with Crippen LogP contribution >= 0.6 is 34.8 Å². The van der Waals surface area contributed by atoms with Crippen LogP contribution in [0.1, 0.15) is 23.7 Å². The van der Waals surface area contributed by atoms with Gasteiger partial charge in [0.2, 0.25) is 0 Å². The van der Waals surface area contributed by atoms with Gasteiger partial charge in [-0.05, 0) is 12.5 Å². The zero-order valence-corrected chi connectivity index (χ0v) is 11.6. The molecule has 1 amide bonds. The van der Waals surface area contributed by atoms with Gasteiger partial charge in [-0.25, -0.2) is 0 Å². The van der Waals surface area contributed by atoms with E-state index >= 15 is 0 Å². The fraction of sp³-hybridized carbons (Fsp3) is 0.455. The monoisotopic (exact) mass is 294 g/mol. The summed E-state index contributed by atoms with van der Waals surface area (Å²) in [5.41, 5.74) is -0.234. The number of rotatable bonds is 5. The second-order valence-corrected chi connectivity index (χ2v) is 4.65. The summed E-state index contributed by atoms with van der Waals surface area (Å²) in [6.45, 7) is 1.92. The molecular weight excluding hydrogens is 282 g/mol. The maximum Gasteiger partial charge on any atom is 0.253 e. The number of hydrogen-bond donors (Lipinski definition) is 1. The van der Waals surface area contributed by atoms with Crippen molar-refractivity contribution in [3.05, 3.63) is 29.0 Å². The van der Waals surface area contributed by atoms with E-state index in [1.165, 1.54) is 12.4 Å². The topological polar surface area (TPSA) is 42.0 Å². The van der Waals surface area contributed by atoms with Gasteiger partial charge in [-0.1, -0.05) is 18.5 Å². The molecule has 0 spiro atoms. The lowest BCUT2D eigenvalue weighted by molar-refractivity contribution is 0.0913. The van der Waals surface area contributed by atoms with E-state index in [-0.39, 0.29) is 17.7 Å². The van der Waals surface area contributed by atoms with E-state index in [2.05, 4.69) is 10.3 Å². The van der Waals surface area contributed by atoms with Crippen LogP contribution in [0, 0.1) is 0 Å². The van der Waals surface area contributed by atoms with Crippen LogP contribution in [0.2, 0.25) is 5.02 Å². The number of carbonyl (C=O) groups excluding carboxylic acids is 1. The van der Waals surface area contributed by atoms with Crippen molar-refractivity contribution >= 4 is 40.7 Å². The Bertz CT molecular complexity index is 386. The van der Waals surface area contributed by atoms with E-state index in [4.69, 9.17) is 34.8 Å². The predicted molar refractivity (Wildman–Crippen MR) is 71.2 cm³/mol. The van der Waals surface area contributed by atoms with Gasteiger partial charge >= 0.3 is 0 Å². The van der Waals surface area contributed by atoms with E-state index in [9.17, 15) is 4.79 Å². The SMILES string of the molecule is CCC(CCl)(CCl)NC(=O)c1ccncc1Cl. The minimum atomic E-state index is -0.604. The highest BCUT2D eigenvalue weighted by atomic mass is 35.5. The first kappa shape index (κ1) is 14.6. The number of hydrogen-bond acceptors (Lipinski definition) is 2. The Balaban J connectivity index is 2.89. The second kappa shape index (κ2) is 6.43. The molecule has 0 aliphatic carbocycles. The molecule has 0 saturated carbocycles. The Morgan fingerprint density at radius 2 is 2.12 bits per heavy atom. The lowest BCUT2D eigenvalue weighted by Crippen LogP contribution is -2.51. The van der Waals surface area contributed by atoms with Gasteiger partial charge in [0, 0.05) is 24.2 Å². The van der Waals surface area contributed by atoms with Crippen LogP contribution in [0.15, 0.2) is 18.5 Å². The van der Waals surface area contributed by atoms with E-state index in [0.29, 0.717) is 17.0 Å². The quantitative estimate of drug-likeness (QED) is 0.848. The number of amides is 1. The molecule has 0 aromatic carbocycles. The maximum atomic E-state index is 12.0. The minimum Gasteiger partial charge on any atom is -0.344 e. The van der Waals surface area contributed by atoms with Gasteiger partial charge in [-0.15, -0.1) is 23.2 Å². The smallest absolute Gasteiger partial charge is 0.253 e. The van der Waals surface area contributed by atoms with Gasteiger partial charge in [0.25, 0.3) is 5.91 Å². The molecule has 0 radical (unpaired) electrons. The van der Waals surface area contributed by atoms with E-state index in [1.807, 2.05) is 6.92 Å². The number of nitrogens with zero attached hydrogens (tertiary/aromatic N) is 1. The van der Waals surface area contributed by atoms with Crippen LogP contribution in [-0.2, 0) is 0 Å². The van der Waals surface area contributed by atoms with Crippen molar-refractivity contribution in [1.82, 2.24) is 10.3 Å². The molecular formula is C11H13Cl3N2O. The largest absolute Gasteiger partial charge is 0.344 e. The third-order valence-corrected chi connectivity index (χ3v) is 3.91. The van der Waals surface area contributed by atoms with Crippen LogP contribution in [0.5, 0.6) is 0 Å². The Hall–Kier alpha value is -0.510. The fourth-order valence-electron chi connectivity index (χ4n) is 1.25. The van der Waals surface area contributed by atoms with Gasteiger partial charge in [-0.2, -0.15) is 0 Å². The van der Waals surface area contributed by atoms with Crippen molar-refractivity contribution in [3.8, 4) is 0 Å². The lowest BCUT2D eigenvalue weighted by atomic mass is 10.0. The van der Waals surface area contributed by atoms with Crippen LogP contribution in [0.4, 0.5) is 0 Å². The first-order valence-corrected chi connectivity index (χ1v) is 6.57. The zero-order chi connectivity index (χ0) is 12.9. The van der Waals surface area contributed by atoms with Gasteiger partial charge in [0.15, 0.2) is 0 Å². The molecule has 1 N–H and O–H groups in total. The summed E-state index contributed by atoms with van der Waals surface area (Å²) >= 11 is 17.6. The van der Waals surface area contributed by atoms with Gasteiger partial charge in [-0.3, -0.25) is 9.78 Å². The molecule has 1 aromatic rings. The molecule has 0 atom stereocenters. The van der Waals surface area contributed by atoms with Crippen LogP contribution in [-0.4, -0.2) is 28.2 Å². The third kappa shape index (κ3) is 3.47. The van der Waals surface area contributed by atoms with Crippen LogP contribution in [0.25, 0.3) is 0 Å². The summed E-state index contributed by atoms with van der Waals surface area (Å²) in [6, 6.07) is 1.56. The third-order valence-electron chi connectivity index (χ3n) is 2.58. The summed E-state index contributed by atoms with van der Waals surface area (Å²) in [4.78, 5) is 15.8. The minimum absolute atomic E-state index is 0.251. The number of nitrogens with one attached hydrogen (secondary N) is 1.